The first-order valence-corrected chi connectivity index (χ1v) is 8.52. The number of ketones is 2. The predicted octanol–water partition coefficient (Wildman–Crippen LogP) is 2.69. The molecule has 0 atom stereocenters. The molecule has 0 aliphatic carbocycles. The molecule has 5 heteroatoms. The van der Waals surface area contributed by atoms with Gasteiger partial charge in [-0.3, -0.25) is 9.59 Å². The van der Waals surface area contributed by atoms with Crippen LogP contribution in [0, 0.1) is 17.8 Å². The van der Waals surface area contributed by atoms with Crippen molar-refractivity contribution >= 4 is 17.4 Å². The van der Waals surface area contributed by atoms with Crippen molar-refractivity contribution in [1.82, 2.24) is 10.2 Å². The fourth-order valence-electron chi connectivity index (χ4n) is 2.86. The number of aromatic nitrogens is 2. The standard InChI is InChI=1S/C18H27N3O2/c1-12(2)16(22)11-15-5-6-17(20-19-15)21-9-7-14(8-10-21)18(23)13(3)4/h5-6,12-14H,7-11H2,1-4H3. The Hall–Kier alpha value is -1.78. The highest BCUT2D eigenvalue weighted by Crippen LogP contribution is 2.24. The molecule has 2 rings (SSSR count). The van der Waals surface area contributed by atoms with E-state index in [0.29, 0.717) is 12.2 Å². The van der Waals surface area contributed by atoms with Gasteiger partial charge in [0.2, 0.25) is 0 Å². The van der Waals surface area contributed by atoms with Crippen LogP contribution in [-0.2, 0) is 16.0 Å². The molecular formula is C18H27N3O2. The van der Waals surface area contributed by atoms with E-state index < -0.39 is 0 Å². The quantitative estimate of drug-likeness (QED) is 0.807. The van der Waals surface area contributed by atoms with Crippen molar-refractivity contribution in [3.05, 3.63) is 17.8 Å². The Morgan fingerprint density at radius 3 is 2.22 bits per heavy atom. The van der Waals surface area contributed by atoms with Crippen LogP contribution in [0.25, 0.3) is 0 Å². The SMILES string of the molecule is CC(C)C(=O)Cc1ccc(N2CCC(C(=O)C(C)C)CC2)nn1. The first-order valence-electron chi connectivity index (χ1n) is 8.52. The Morgan fingerprint density at radius 2 is 1.74 bits per heavy atom. The van der Waals surface area contributed by atoms with E-state index in [1.54, 1.807) is 0 Å². The summed E-state index contributed by atoms with van der Waals surface area (Å²) in [5, 5.41) is 8.44. The van der Waals surface area contributed by atoms with E-state index in [0.717, 1.165) is 37.4 Å². The smallest absolute Gasteiger partial charge is 0.151 e. The zero-order valence-corrected chi connectivity index (χ0v) is 14.6. The number of anilines is 1. The number of hydrogen-bond acceptors (Lipinski definition) is 5. The first kappa shape index (κ1) is 17.6. The van der Waals surface area contributed by atoms with Crippen LogP contribution < -0.4 is 4.90 Å². The lowest BCUT2D eigenvalue weighted by Gasteiger charge is -2.32. The number of carbonyl (C=O) groups excluding carboxylic acids is 2. The summed E-state index contributed by atoms with van der Waals surface area (Å²) in [6.07, 6.45) is 2.11. The van der Waals surface area contributed by atoms with Crippen LogP contribution in [0.4, 0.5) is 5.82 Å². The molecule has 0 saturated carbocycles. The Bertz CT molecular complexity index is 544. The Kier molecular flexibility index (Phi) is 5.85. The van der Waals surface area contributed by atoms with Gasteiger partial charge in [-0.1, -0.05) is 27.7 Å². The third kappa shape index (κ3) is 4.60. The fraction of sp³-hybridized carbons (Fsp3) is 0.667. The Balaban J connectivity index is 1.91. The maximum absolute atomic E-state index is 12.1. The fourth-order valence-corrected chi connectivity index (χ4v) is 2.86. The average Bonchev–Trinajstić information content (AvgIpc) is 2.55. The van der Waals surface area contributed by atoms with Crippen molar-refractivity contribution < 1.29 is 9.59 Å². The van der Waals surface area contributed by atoms with E-state index in [-0.39, 0.29) is 23.5 Å². The number of rotatable bonds is 6. The lowest BCUT2D eigenvalue weighted by Crippen LogP contribution is -2.38. The van der Waals surface area contributed by atoms with Gasteiger partial charge in [-0.25, -0.2) is 0 Å². The van der Waals surface area contributed by atoms with Gasteiger partial charge in [-0.05, 0) is 25.0 Å². The molecule has 1 aliphatic rings. The Morgan fingerprint density at radius 1 is 1.09 bits per heavy atom. The summed E-state index contributed by atoms with van der Waals surface area (Å²) in [6, 6.07) is 3.81. The highest BCUT2D eigenvalue weighted by atomic mass is 16.1. The molecule has 0 radical (unpaired) electrons. The van der Waals surface area contributed by atoms with Crippen LogP contribution in [0.5, 0.6) is 0 Å². The summed E-state index contributed by atoms with van der Waals surface area (Å²) >= 11 is 0. The first-order chi connectivity index (χ1) is 10.9. The molecule has 1 fully saturated rings. The molecule has 1 aromatic rings. The number of piperidine rings is 1. The largest absolute Gasteiger partial charge is 0.355 e. The second-order valence-electron chi connectivity index (χ2n) is 7.00. The van der Waals surface area contributed by atoms with Gasteiger partial charge in [-0.15, -0.1) is 5.10 Å². The lowest BCUT2D eigenvalue weighted by atomic mass is 9.87. The minimum absolute atomic E-state index is 0.0222. The molecule has 0 spiro atoms. The van der Waals surface area contributed by atoms with E-state index in [4.69, 9.17) is 0 Å². The molecule has 126 valence electrons. The van der Waals surface area contributed by atoms with E-state index in [1.807, 2.05) is 39.8 Å². The van der Waals surface area contributed by atoms with Crippen molar-refractivity contribution in [3.8, 4) is 0 Å². The highest BCUT2D eigenvalue weighted by Gasteiger charge is 2.27. The van der Waals surface area contributed by atoms with E-state index >= 15 is 0 Å². The third-order valence-corrected chi connectivity index (χ3v) is 4.50. The molecule has 0 amide bonds. The number of Topliss-reactive ketones (excluding diaryl/α,β-unsaturated/α-hetero) is 2. The van der Waals surface area contributed by atoms with Gasteiger partial charge in [0.25, 0.3) is 0 Å². The maximum Gasteiger partial charge on any atom is 0.151 e. The zero-order chi connectivity index (χ0) is 17.0. The molecular weight excluding hydrogens is 290 g/mol. The number of nitrogens with zero attached hydrogens (tertiary/aromatic N) is 3. The second kappa shape index (κ2) is 7.66. The molecule has 1 aliphatic heterocycles. The van der Waals surface area contributed by atoms with Gasteiger partial charge < -0.3 is 4.90 Å². The summed E-state index contributed by atoms with van der Waals surface area (Å²) < 4.78 is 0. The molecule has 0 aromatic carbocycles. The maximum atomic E-state index is 12.1. The summed E-state index contributed by atoms with van der Waals surface area (Å²) in [5.74, 6) is 1.71. The van der Waals surface area contributed by atoms with Gasteiger partial charge in [0.15, 0.2) is 5.82 Å². The van der Waals surface area contributed by atoms with Crippen molar-refractivity contribution in [1.29, 1.82) is 0 Å². The highest BCUT2D eigenvalue weighted by molar-refractivity contribution is 5.83. The van der Waals surface area contributed by atoms with Crippen molar-refractivity contribution in [2.24, 2.45) is 17.8 Å². The van der Waals surface area contributed by atoms with Crippen LogP contribution in [0.3, 0.4) is 0 Å². The molecule has 23 heavy (non-hydrogen) atoms. The van der Waals surface area contributed by atoms with Crippen LogP contribution in [-0.4, -0.2) is 34.9 Å². The van der Waals surface area contributed by atoms with E-state index in [2.05, 4.69) is 15.1 Å². The van der Waals surface area contributed by atoms with Gasteiger partial charge in [0.05, 0.1) is 12.1 Å². The normalized spacial score (nSPS) is 16.2. The molecule has 0 bridgehead atoms. The molecule has 1 saturated heterocycles. The monoisotopic (exact) mass is 317 g/mol. The zero-order valence-electron chi connectivity index (χ0n) is 14.6. The summed E-state index contributed by atoms with van der Waals surface area (Å²) in [4.78, 5) is 26.0. The topological polar surface area (TPSA) is 63.2 Å². The van der Waals surface area contributed by atoms with Crippen molar-refractivity contribution in [2.45, 2.75) is 47.0 Å². The predicted molar refractivity (Wildman–Crippen MR) is 90.4 cm³/mol. The second-order valence-corrected chi connectivity index (χ2v) is 7.00. The summed E-state index contributed by atoms with van der Waals surface area (Å²) in [6.45, 7) is 9.40. The molecule has 0 unspecified atom stereocenters. The molecule has 1 aromatic heterocycles. The third-order valence-electron chi connectivity index (χ3n) is 4.50. The van der Waals surface area contributed by atoms with E-state index in [9.17, 15) is 9.59 Å². The van der Waals surface area contributed by atoms with E-state index in [1.165, 1.54) is 0 Å². The molecule has 0 N–H and O–H groups in total. The lowest BCUT2D eigenvalue weighted by molar-refractivity contribution is -0.126. The van der Waals surface area contributed by atoms with Crippen LogP contribution in [0.2, 0.25) is 0 Å². The van der Waals surface area contributed by atoms with Gasteiger partial charge in [-0.2, -0.15) is 5.10 Å². The minimum Gasteiger partial charge on any atom is -0.355 e. The molecule has 5 nitrogen and oxygen atoms in total. The summed E-state index contributed by atoms with van der Waals surface area (Å²) in [7, 11) is 0. The Labute approximate surface area is 138 Å². The van der Waals surface area contributed by atoms with Crippen molar-refractivity contribution in [3.63, 3.8) is 0 Å². The molecule has 2 heterocycles. The van der Waals surface area contributed by atoms with Crippen LogP contribution in [0.15, 0.2) is 12.1 Å². The average molecular weight is 317 g/mol. The van der Waals surface area contributed by atoms with Gasteiger partial charge in [0, 0.05) is 30.8 Å². The van der Waals surface area contributed by atoms with Gasteiger partial charge in [0.1, 0.15) is 11.6 Å². The number of hydrogen-bond donors (Lipinski definition) is 0. The minimum atomic E-state index is 0.0222. The van der Waals surface area contributed by atoms with Crippen LogP contribution >= 0.6 is 0 Å². The van der Waals surface area contributed by atoms with Crippen molar-refractivity contribution in [2.75, 3.05) is 18.0 Å². The van der Waals surface area contributed by atoms with Gasteiger partial charge >= 0.3 is 0 Å². The number of carbonyl (C=O) groups is 2. The van der Waals surface area contributed by atoms with Crippen LogP contribution in [0.1, 0.15) is 46.2 Å². The summed E-state index contributed by atoms with van der Waals surface area (Å²) in [5.41, 5.74) is 0.720.